The molecule has 1 N–H and O–H groups in total. The minimum Gasteiger partial charge on any atom is -0.393 e. The first-order valence-corrected chi connectivity index (χ1v) is 11.6. The van der Waals surface area contributed by atoms with E-state index in [4.69, 9.17) is 4.98 Å². The van der Waals surface area contributed by atoms with Crippen LogP contribution in [0.3, 0.4) is 0 Å². The molecule has 0 amide bonds. The van der Waals surface area contributed by atoms with Gasteiger partial charge in [0, 0.05) is 17.0 Å². The van der Waals surface area contributed by atoms with Gasteiger partial charge < -0.3 is 5.11 Å². The quantitative estimate of drug-likeness (QED) is 0.613. The number of aliphatic hydroxyl groups is 1. The second-order valence-corrected chi connectivity index (χ2v) is 11.5. The van der Waals surface area contributed by atoms with Gasteiger partial charge in [0.2, 0.25) is 0 Å². The van der Waals surface area contributed by atoms with Gasteiger partial charge in [-0.25, -0.2) is 4.98 Å². The average Bonchev–Trinajstić information content (AvgIpc) is 3.23. The lowest BCUT2D eigenvalue weighted by atomic mass is 9.43. The maximum atomic E-state index is 10.4. The molecule has 5 rings (SSSR count). The van der Waals surface area contributed by atoms with Crippen LogP contribution < -0.4 is 0 Å². The number of aliphatic hydroxyl groups excluding tert-OH is 1. The number of hydrogen-bond acceptors (Lipinski definition) is 3. The Morgan fingerprint density at radius 1 is 1.07 bits per heavy atom. The monoisotopic (exact) mass is 383 g/mol. The molecule has 1 aromatic rings. The van der Waals surface area contributed by atoms with Crippen LogP contribution in [-0.2, 0) is 5.41 Å². The molecule has 2 nitrogen and oxygen atoms in total. The van der Waals surface area contributed by atoms with Gasteiger partial charge in [-0.05, 0) is 81.0 Å². The lowest BCUT2D eigenvalue weighted by molar-refractivity contribution is -0.0555. The predicted molar refractivity (Wildman–Crippen MR) is 112 cm³/mol. The predicted octanol–water partition coefficient (Wildman–Crippen LogP) is 5.89. The van der Waals surface area contributed by atoms with Crippen LogP contribution in [0.25, 0.3) is 0 Å². The summed E-state index contributed by atoms with van der Waals surface area (Å²) in [5.74, 6) is 2.06. The molecule has 2 saturated carbocycles. The Morgan fingerprint density at radius 3 is 2.63 bits per heavy atom. The van der Waals surface area contributed by atoms with E-state index in [9.17, 15) is 5.11 Å². The van der Waals surface area contributed by atoms with Crippen LogP contribution in [0.1, 0.15) is 71.2 Å². The highest BCUT2D eigenvalue weighted by molar-refractivity contribution is 7.09. The Balaban J connectivity index is 1.69. The summed E-state index contributed by atoms with van der Waals surface area (Å²) < 4.78 is 0. The molecule has 0 aromatic carbocycles. The van der Waals surface area contributed by atoms with Crippen molar-refractivity contribution in [2.75, 3.05) is 0 Å². The van der Waals surface area contributed by atoms with Crippen LogP contribution >= 0.6 is 11.3 Å². The molecule has 146 valence electrons. The van der Waals surface area contributed by atoms with Crippen molar-refractivity contribution < 1.29 is 5.11 Å². The number of fused-ring (bicyclic) bond motifs is 5. The molecule has 3 heteroatoms. The first-order valence-electron chi connectivity index (χ1n) is 10.7. The van der Waals surface area contributed by atoms with E-state index in [1.54, 1.807) is 5.57 Å². The van der Waals surface area contributed by atoms with Crippen LogP contribution in [0.5, 0.6) is 0 Å². The topological polar surface area (TPSA) is 33.1 Å². The van der Waals surface area contributed by atoms with E-state index in [1.165, 1.54) is 29.8 Å². The van der Waals surface area contributed by atoms with E-state index in [0.717, 1.165) is 19.3 Å². The zero-order valence-electron chi connectivity index (χ0n) is 17.2. The van der Waals surface area contributed by atoms with E-state index in [1.807, 2.05) is 17.5 Å². The third-order valence-corrected chi connectivity index (χ3v) is 9.92. The summed E-state index contributed by atoms with van der Waals surface area (Å²) in [6.07, 6.45) is 13.8. The van der Waals surface area contributed by atoms with E-state index in [0.29, 0.717) is 23.2 Å². The third-order valence-electron chi connectivity index (χ3n) is 8.89. The molecule has 0 saturated heterocycles. The molecular weight excluding hydrogens is 350 g/mol. The van der Waals surface area contributed by atoms with Crippen molar-refractivity contribution in [1.82, 2.24) is 4.98 Å². The van der Waals surface area contributed by atoms with Gasteiger partial charge in [0.05, 0.1) is 6.10 Å². The van der Waals surface area contributed by atoms with Crippen LogP contribution in [0.4, 0.5) is 0 Å². The molecule has 27 heavy (non-hydrogen) atoms. The van der Waals surface area contributed by atoms with E-state index in [-0.39, 0.29) is 16.9 Å². The van der Waals surface area contributed by atoms with Gasteiger partial charge in [-0.2, -0.15) is 0 Å². The molecule has 7 atom stereocenters. The van der Waals surface area contributed by atoms with Crippen molar-refractivity contribution in [2.24, 2.45) is 28.6 Å². The molecule has 4 aliphatic carbocycles. The highest BCUT2D eigenvalue weighted by atomic mass is 32.1. The van der Waals surface area contributed by atoms with Crippen molar-refractivity contribution in [3.63, 3.8) is 0 Å². The minimum absolute atomic E-state index is 0.00442. The first kappa shape index (κ1) is 18.1. The minimum atomic E-state index is -0.161. The Bertz CT molecular complexity index is 810. The van der Waals surface area contributed by atoms with E-state index < -0.39 is 0 Å². The molecular formula is C24H33NOS. The Morgan fingerprint density at radius 2 is 1.89 bits per heavy atom. The number of rotatable bonds is 1. The van der Waals surface area contributed by atoms with Crippen molar-refractivity contribution >= 4 is 11.3 Å². The number of hydrogen-bond donors (Lipinski definition) is 1. The molecule has 4 aliphatic rings. The Hall–Kier alpha value is -0.930. The van der Waals surface area contributed by atoms with Crippen LogP contribution in [0.2, 0.25) is 0 Å². The van der Waals surface area contributed by atoms with Crippen molar-refractivity contribution in [2.45, 2.75) is 77.7 Å². The fourth-order valence-electron chi connectivity index (χ4n) is 7.60. The second-order valence-electron chi connectivity index (χ2n) is 10.6. The summed E-state index contributed by atoms with van der Waals surface area (Å²) in [7, 11) is 0. The lowest BCUT2D eigenvalue weighted by Gasteiger charge is -2.62. The Kier molecular flexibility index (Phi) is 3.89. The van der Waals surface area contributed by atoms with Crippen molar-refractivity contribution in [3.05, 3.63) is 39.9 Å². The molecule has 1 heterocycles. The first-order chi connectivity index (χ1) is 12.8. The van der Waals surface area contributed by atoms with Crippen molar-refractivity contribution in [3.8, 4) is 0 Å². The van der Waals surface area contributed by atoms with Crippen LogP contribution in [0, 0.1) is 28.6 Å². The van der Waals surface area contributed by atoms with Gasteiger partial charge in [-0.3, -0.25) is 0 Å². The summed E-state index contributed by atoms with van der Waals surface area (Å²) in [6.45, 7) is 9.82. The smallest absolute Gasteiger partial charge is 0.102 e. The molecule has 2 unspecified atom stereocenters. The third kappa shape index (κ3) is 2.43. The number of allylic oxidation sites excluding steroid dienone is 3. The normalized spacial score (nSPS) is 48.9. The average molecular weight is 384 g/mol. The number of nitrogens with zero attached hydrogens (tertiary/aromatic N) is 1. The molecule has 0 radical (unpaired) electrons. The van der Waals surface area contributed by atoms with Gasteiger partial charge in [0.25, 0.3) is 0 Å². The summed E-state index contributed by atoms with van der Waals surface area (Å²) >= 11 is 1.82. The molecule has 0 spiro atoms. The van der Waals surface area contributed by atoms with Crippen LogP contribution in [-0.4, -0.2) is 16.2 Å². The summed E-state index contributed by atoms with van der Waals surface area (Å²) in [4.78, 5) is 4.83. The standard InChI is InChI=1S/C24H33NOS/c1-15-11-19-20-18(6-7-22(19,2)13-15)23(3)8-5-17(26)12-16(23)14-24(20,4)21-25-9-10-27-21/h9-10,13-14,17-20,26H,5-8,11-12H2,1-4H3/t17?,18-,19+,20-,22-,23+,24?/m1/s1. The zero-order chi connectivity index (χ0) is 19.0. The van der Waals surface area contributed by atoms with Gasteiger partial charge in [-0.1, -0.05) is 37.1 Å². The van der Waals surface area contributed by atoms with E-state index in [2.05, 4.69) is 45.2 Å². The number of thiazole rings is 1. The van der Waals surface area contributed by atoms with E-state index >= 15 is 0 Å². The summed E-state index contributed by atoms with van der Waals surface area (Å²) in [6, 6.07) is 0. The lowest BCUT2D eigenvalue weighted by Crippen LogP contribution is -2.56. The SMILES string of the molecule is CC1=C[C@@]2(C)CC[C@@H]3[C@H]([C@@H]2C1)C(C)(c1nccs1)C=C1CC(O)CC[C@@]13C. The maximum Gasteiger partial charge on any atom is 0.102 e. The summed E-state index contributed by atoms with van der Waals surface area (Å²) in [5.41, 5.74) is 3.71. The largest absolute Gasteiger partial charge is 0.393 e. The fourth-order valence-corrected chi connectivity index (χ4v) is 8.42. The van der Waals surface area contributed by atoms with Gasteiger partial charge in [0.15, 0.2) is 0 Å². The zero-order valence-corrected chi connectivity index (χ0v) is 18.0. The van der Waals surface area contributed by atoms with Gasteiger partial charge >= 0.3 is 0 Å². The van der Waals surface area contributed by atoms with Gasteiger partial charge in [0.1, 0.15) is 5.01 Å². The Labute approximate surface area is 167 Å². The maximum absolute atomic E-state index is 10.4. The fraction of sp³-hybridized carbons (Fsp3) is 0.708. The highest BCUT2D eigenvalue weighted by Gasteiger charge is 2.61. The number of aromatic nitrogens is 1. The van der Waals surface area contributed by atoms with Crippen molar-refractivity contribution in [1.29, 1.82) is 0 Å². The molecule has 1 aromatic heterocycles. The molecule has 0 bridgehead atoms. The second kappa shape index (κ2) is 5.79. The molecule has 0 aliphatic heterocycles. The highest BCUT2D eigenvalue weighted by Crippen LogP contribution is 2.68. The molecule has 2 fully saturated rings. The van der Waals surface area contributed by atoms with Crippen LogP contribution in [0.15, 0.2) is 34.9 Å². The summed E-state index contributed by atoms with van der Waals surface area (Å²) in [5, 5.41) is 13.8. The van der Waals surface area contributed by atoms with Gasteiger partial charge in [-0.15, -0.1) is 11.3 Å².